The Labute approximate surface area is 123 Å². The minimum absolute atomic E-state index is 0.287. The van der Waals surface area contributed by atoms with Crippen LogP contribution in [0.5, 0.6) is 5.75 Å². The summed E-state index contributed by atoms with van der Waals surface area (Å²) in [6, 6.07) is 5.77. The molecule has 4 nitrogen and oxygen atoms in total. The lowest BCUT2D eigenvalue weighted by Gasteiger charge is -2.08. The number of nitrogens with one attached hydrogen (secondary N) is 1. The number of nitrogens with zero attached hydrogens (tertiary/aromatic N) is 2. The molecule has 0 spiro atoms. The Morgan fingerprint density at radius 1 is 1.38 bits per heavy atom. The van der Waals surface area contributed by atoms with Crippen LogP contribution < -0.4 is 10.1 Å². The van der Waals surface area contributed by atoms with Crippen molar-refractivity contribution in [2.24, 2.45) is 0 Å². The van der Waals surface area contributed by atoms with Crippen molar-refractivity contribution >= 4 is 0 Å². The van der Waals surface area contributed by atoms with Crippen LogP contribution in [0.15, 0.2) is 30.6 Å². The molecule has 1 heterocycles. The lowest BCUT2D eigenvalue weighted by Crippen LogP contribution is -2.15. The molecule has 5 heteroatoms. The van der Waals surface area contributed by atoms with E-state index in [1.54, 1.807) is 18.3 Å². The predicted octanol–water partition coefficient (Wildman–Crippen LogP) is 2.87. The summed E-state index contributed by atoms with van der Waals surface area (Å²) in [4.78, 5) is 0. The van der Waals surface area contributed by atoms with E-state index in [1.165, 1.54) is 12.8 Å². The molecule has 0 aliphatic heterocycles. The Morgan fingerprint density at radius 2 is 2.24 bits per heavy atom. The fraction of sp³-hybridized carbons (Fsp3) is 0.438. The molecule has 1 aliphatic carbocycles. The van der Waals surface area contributed by atoms with Gasteiger partial charge >= 0.3 is 0 Å². The molecule has 0 unspecified atom stereocenters. The van der Waals surface area contributed by atoms with Gasteiger partial charge in [-0.1, -0.05) is 6.07 Å². The van der Waals surface area contributed by atoms with Crippen LogP contribution in [0.3, 0.4) is 0 Å². The molecule has 1 aromatic carbocycles. The van der Waals surface area contributed by atoms with Crippen LogP contribution in [0, 0.1) is 5.82 Å². The van der Waals surface area contributed by atoms with Crippen molar-refractivity contribution < 1.29 is 9.13 Å². The molecule has 1 aromatic heterocycles. The van der Waals surface area contributed by atoms with Gasteiger partial charge in [0, 0.05) is 30.9 Å². The maximum atomic E-state index is 14.0. The summed E-state index contributed by atoms with van der Waals surface area (Å²) in [5.74, 6) is -0.0256. The van der Waals surface area contributed by atoms with Crippen LogP contribution in [0.4, 0.5) is 4.39 Å². The quantitative estimate of drug-likeness (QED) is 0.852. The first-order valence-electron chi connectivity index (χ1n) is 7.40. The van der Waals surface area contributed by atoms with Gasteiger partial charge in [0.2, 0.25) is 0 Å². The predicted molar refractivity (Wildman–Crippen MR) is 78.5 cm³/mol. The summed E-state index contributed by atoms with van der Waals surface area (Å²) in [6.07, 6.45) is 6.12. The molecule has 112 valence electrons. The summed E-state index contributed by atoms with van der Waals surface area (Å²) in [5.41, 5.74) is 1.89. The molecular formula is C16H20FN3O. The Hall–Kier alpha value is -1.88. The Kier molecular flexibility index (Phi) is 4.20. The average Bonchev–Trinajstić information content (AvgIpc) is 3.21. The molecule has 3 rings (SSSR count). The van der Waals surface area contributed by atoms with Gasteiger partial charge in [-0.05, 0) is 37.5 Å². The number of benzene rings is 1. The van der Waals surface area contributed by atoms with Crippen LogP contribution in [-0.2, 0) is 19.7 Å². The third kappa shape index (κ3) is 3.82. The van der Waals surface area contributed by atoms with Gasteiger partial charge in [-0.15, -0.1) is 0 Å². The first-order chi connectivity index (χ1) is 10.2. The third-order valence-electron chi connectivity index (χ3n) is 3.57. The average molecular weight is 289 g/mol. The first-order valence-corrected chi connectivity index (χ1v) is 7.40. The Bertz CT molecular complexity index is 607. The summed E-state index contributed by atoms with van der Waals surface area (Å²) in [7, 11) is 0. The van der Waals surface area contributed by atoms with Crippen molar-refractivity contribution in [3.8, 4) is 5.75 Å². The summed E-state index contributed by atoms with van der Waals surface area (Å²) in [6.45, 7) is 3.88. The zero-order chi connectivity index (χ0) is 14.7. The number of rotatable bonds is 7. The highest BCUT2D eigenvalue weighted by Gasteiger charge is 2.20. The van der Waals surface area contributed by atoms with E-state index in [2.05, 4.69) is 10.4 Å². The van der Waals surface area contributed by atoms with E-state index >= 15 is 0 Å². The van der Waals surface area contributed by atoms with E-state index in [-0.39, 0.29) is 11.6 Å². The molecule has 1 fully saturated rings. The fourth-order valence-electron chi connectivity index (χ4n) is 2.14. The van der Waals surface area contributed by atoms with Gasteiger partial charge in [-0.25, -0.2) is 4.39 Å². The van der Waals surface area contributed by atoms with Crippen molar-refractivity contribution in [3.05, 3.63) is 47.5 Å². The highest BCUT2D eigenvalue weighted by molar-refractivity contribution is 5.29. The molecule has 1 N–H and O–H groups in total. The highest BCUT2D eigenvalue weighted by Crippen LogP contribution is 2.22. The van der Waals surface area contributed by atoms with Crippen LogP contribution >= 0.6 is 0 Å². The maximum absolute atomic E-state index is 14.0. The smallest absolute Gasteiger partial charge is 0.165 e. The Morgan fingerprint density at radius 3 is 2.90 bits per heavy atom. The maximum Gasteiger partial charge on any atom is 0.165 e. The Balaban J connectivity index is 1.56. The summed E-state index contributed by atoms with van der Waals surface area (Å²) >= 11 is 0. The third-order valence-corrected chi connectivity index (χ3v) is 3.57. The van der Waals surface area contributed by atoms with E-state index in [9.17, 15) is 4.39 Å². The van der Waals surface area contributed by atoms with E-state index in [4.69, 9.17) is 4.74 Å². The monoisotopic (exact) mass is 289 g/mol. The van der Waals surface area contributed by atoms with Gasteiger partial charge in [0.1, 0.15) is 6.61 Å². The minimum Gasteiger partial charge on any atom is -0.486 e. The van der Waals surface area contributed by atoms with Gasteiger partial charge in [-0.3, -0.25) is 4.68 Å². The lowest BCUT2D eigenvalue weighted by atomic mass is 10.2. The minimum atomic E-state index is -0.312. The van der Waals surface area contributed by atoms with Gasteiger partial charge in [-0.2, -0.15) is 5.10 Å². The van der Waals surface area contributed by atoms with Gasteiger partial charge in [0.15, 0.2) is 11.6 Å². The highest BCUT2D eigenvalue weighted by atomic mass is 19.1. The first kappa shape index (κ1) is 14.1. The van der Waals surface area contributed by atoms with Crippen molar-refractivity contribution in [3.63, 3.8) is 0 Å². The number of aromatic nitrogens is 2. The van der Waals surface area contributed by atoms with E-state index in [1.807, 2.05) is 23.9 Å². The molecule has 1 aliphatic rings. The number of hydrogen-bond donors (Lipinski definition) is 1. The van der Waals surface area contributed by atoms with Gasteiger partial charge in [0.25, 0.3) is 0 Å². The second kappa shape index (κ2) is 6.26. The van der Waals surface area contributed by atoms with Gasteiger partial charge in [0.05, 0.1) is 6.20 Å². The number of hydrogen-bond acceptors (Lipinski definition) is 3. The summed E-state index contributed by atoms with van der Waals surface area (Å²) < 4.78 is 21.3. The summed E-state index contributed by atoms with van der Waals surface area (Å²) in [5, 5.41) is 7.53. The standard InChI is InChI=1S/C16H20FN3O/c1-2-20-10-13(9-19-20)11-21-16-6-3-12(7-15(16)17)8-18-14-4-5-14/h3,6-7,9-10,14,18H,2,4-5,8,11H2,1H3. The largest absolute Gasteiger partial charge is 0.486 e. The molecule has 0 atom stereocenters. The SMILES string of the molecule is CCn1cc(COc2ccc(CNC3CC3)cc2F)cn1. The topological polar surface area (TPSA) is 39.1 Å². The van der Waals surface area contributed by atoms with Crippen LogP contribution in [0.1, 0.15) is 30.9 Å². The zero-order valence-corrected chi connectivity index (χ0v) is 12.2. The number of aryl methyl sites for hydroxylation is 1. The van der Waals surface area contributed by atoms with Crippen molar-refractivity contribution in [2.45, 2.75) is 45.5 Å². The molecule has 2 aromatic rings. The van der Waals surface area contributed by atoms with E-state index in [0.29, 0.717) is 19.2 Å². The molecular weight excluding hydrogens is 269 g/mol. The van der Waals surface area contributed by atoms with Crippen LogP contribution in [0.25, 0.3) is 0 Å². The molecule has 21 heavy (non-hydrogen) atoms. The number of ether oxygens (including phenoxy) is 1. The van der Waals surface area contributed by atoms with Crippen LogP contribution in [0.2, 0.25) is 0 Å². The van der Waals surface area contributed by atoms with E-state index in [0.717, 1.165) is 17.7 Å². The molecule has 0 radical (unpaired) electrons. The molecule has 0 amide bonds. The molecule has 0 saturated heterocycles. The second-order valence-electron chi connectivity index (χ2n) is 5.41. The van der Waals surface area contributed by atoms with Crippen molar-refractivity contribution in [1.29, 1.82) is 0 Å². The van der Waals surface area contributed by atoms with Crippen molar-refractivity contribution in [2.75, 3.05) is 0 Å². The fourth-order valence-corrected chi connectivity index (χ4v) is 2.14. The van der Waals surface area contributed by atoms with Crippen molar-refractivity contribution in [1.82, 2.24) is 15.1 Å². The molecule has 0 bridgehead atoms. The zero-order valence-electron chi connectivity index (χ0n) is 12.2. The van der Waals surface area contributed by atoms with Gasteiger partial charge < -0.3 is 10.1 Å². The van der Waals surface area contributed by atoms with Crippen LogP contribution in [-0.4, -0.2) is 15.8 Å². The normalized spacial score (nSPS) is 14.4. The lowest BCUT2D eigenvalue weighted by molar-refractivity contribution is 0.290. The molecule has 1 saturated carbocycles. The second-order valence-corrected chi connectivity index (χ2v) is 5.41. The van der Waals surface area contributed by atoms with E-state index < -0.39 is 0 Å². The number of halogens is 1.